The lowest BCUT2D eigenvalue weighted by molar-refractivity contribution is -0.317. The number of Topliss-reactive ketones (excluding diaryl/α,β-unsaturated/α-hetero) is 1. The summed E-state index contributed by atoms with van der Waals surface area (Å²) < 4.78 is 0. The van der Waals surface area contributed by atoms with Crippen molar-refractivity contribution in [3.8, 4) is 0 Å². The van der Waals surface area contributed by atoms with Gasteiger partial charge in [-0.25, -0.2) is 5.43 Å². The number of carboxylic acid groups (broad SMARTS) is 1. The van der Waals surface area contributed by atoms with Gasteiger partial charge in [0.25, 0.3) is 5.91 Å². The Bertz CT molecular complexity index is 990. The lowest BCUT2D eigenvalue weighted by Crippen LogP contribution is -2.53. The molecule has 0 spiro atoms. The maximum absolute atomic E-state index is 12.9. The minimum absolute atomic E-state index is 0.00702. The zero-order valence-electron chi connectivity index (χ0n) is 18.0. The van der Waals surface area contributed by atoms with Crippen molar-refractivity contribution in [2.24, 2.45) is 15.9 Å². The van der Waals surface area contributed by atoms with E-state index in [0.717, 1.165) is 17.4 Å². The zero-order chi connectivity index (χ0) is 22.8. The standard InChI is InChI=1S/C24H28N2O5/c1-15-9-10-24(22(30)31,11-17(15)16-7-5-4-6-8-16)21(29)26-25-14-18-19(27)12-23(2,3)13-20(18)28/h4-9,14,17,27H,10-13H2,1-3H3,(H,26,29)(H,30,31)/p-1. The van der Waals surface area contributed by atoms with Gasteiger partial charge in [0.05, 0.1) is 23.2 Å². The molecule has 2 aliphatic rings. The topological polar surface area (TPSA) is 119 Å². The van der Waals surface area contributed by atoms with Crippen molar-refractivity contribution < 1.29 is 24.6 Å². The van der Waals surface area contributed by atoms with Crippen LogP contribution in [0.25, 0.3) is 0 Å². The van der Waals surface area contributed by atoms with Gasteiger partial charge in [-0.1, -0.05) is 55.8 Å². The van der Waals surface area contributed by atoms with E-state index in [-0.39, 0.29) is 47.7 Å². The third-order valence-electron chi connectivity index (χ3n) is 6.16. The second-order valence-electron chi connectivity index (χ2n) is 9.19. The first-order valence-electron chi connectivity index (χ1n) is 10.3. The summed E-state index contributed by atoms with van der Waals surface area (Å²) in [4.78, 5) is 37.3. The van der Waals surface area contributed by atoms with Crippen LogP contribution < -0.4 is 10.5 Å². The summed E-state index contributed by atoms with van der Waals surface area (Å²) in [5.74, 6) is -2.88. The first-order valence-corrected chi connectivity index (χ1v) is 10.3. The fourth-order valence-electron chi connectivity index (χ4n) is 4.29. The molecule has 0 saturated carbocycles. The number of carbonyl (C=O) groups is 3. The molecule has 7 heteroatoms. The third kappa shape index (κ3) is 4.60. The number of hydrogen-bond acceptors (Lipinski definition) is 6. The maximum atomic E-state index is 12.9. The molecule has 0 saturated heterocycles. The molecule has 2 unspecified atom stereocenters. The molecule has 3 rings (SSSR count). The summed E-state index contributed by atoms with van der Waals surface area (Å²) in [6, 6.07) is 9.40. The highest BCUT2D eigenvalue weighted by Gasteiger charge is 2.44. The molecule has 0 fully saturated rings. The number of carbonyl (C=O) groups excluding carboxylic acids is 3. The van der Waals surface area contributed by atoms with Crippen molar-refractivity contribution in [1.82, 2.24) is 5.43 Å². The molecule has 1 aromatic rings. The van der Waals surface area contributed by atoms with Crippen LogP contribution in [-0.4, -0.2) is 29.0 Å². The predicted octanol–water partition coefficient (Wildman–Crippen LogP) is 2.55. The van der Waals surface area contributed by atoms with Crippen molar-refractivity contribution in [3.05, 3.63) is 58.9 Å². The van der Waals surface area contributed by atoms with Crippen LogP contribution in [0.5, 0.6) is 0 Å². The number of aliphatic carboxylic acids is 1. The molecular formula is C24H27N2O5-. The van der Waals surface area contributed by atoms with E-state index in [0.29, 0.717) is 6.42 Å². The maximum Gasteiger partial charge on any atom is 0.252 e. The van der Waals surface area contributed by atoms with Crippen molar-refractivity contribution in [1.29, 1.82) is 0 Å². The normalized spacial score (nSPS) is 26.0. The van der Waals surface area contributed by atoms with Crippen molar-refractivity contribution in [2.45, 2.75) is 52.4 Å². The van der Waals surface area contributed by atoms with E-state index in [4.69, 9.17) is 0 Å². The monoisotopic (exact) mass is 423 g/mol. The SMILES string of the molecule is CC1=CCC(C(=O)[O-])(C(=O)NN=CC2=C(O)CC(C)(C)CC2=O)CC1c1ccccc1. The Kier molecular flexibility index (Phi) is 6.15. The number of amides is 1. The molecule has 31 heavy (non-hydrogen) atoms. The summed E-state index contributed by atoms with van der Waals surface area (Å²) in [7, 11) is 0. The molecule has 0 aromatic heterocycles. The second kappa shape index (κ2) is 8.49. The molecular weight excluding hydrogens is 396 g/mol. The van der Waals surface area contributed by atoms with Crippen LogP contribution in [0.2, 0.25) is 0 Å². The lowest BCUT2D eigenvalue weighted by atomic mass is 9.68. The van der Waals surface area contributed by atoms with Gasteiger partial charge in [-0.2, -0.15) is 5.10 Å². The van der Waals surface area contributed by atoms with E-state index in [1.807, 2.05) is 51.1 Å². The number of hydrazone groups is 1. The van der Waals surface area contributed by atoms with Gasteiger partial charge in [0.2, 0.25) is 0 Å². The van der Waals surface area contributed by atoms with Gasteiger partial charge in [0.15, 0.2) is 5.78 Å². The molecule has 2 atom stereocenters. The number of aliphatic hydroxyl groups is 1. The molecule has 0 radical (unpaired) electrons. The minimum atomic E-state index is -1.79. The van der Waals surface area contributed by atoms with Crippen molar-refractivity contribution in [3.63, 3.8) is 0 Å². The van der Waals surface area contributed by atoms with Gasteiger partial charge in [0.1, 0.15) is 5.76 Å². The summed E-state index contributed by atoms with van der Waals surface area (Å²) in [6.45, 7) is 5.67. The second-order valence-corrected chi connectivity index (χ2v) is 9.19. The van der Waals surface area contributed by atoms with Gasteiger partial charge < -0.3 is 15.0 Å². The van der Waals surface area contributed by atoms with E-state index in [1.54, 1.807) is 6.08 Å². The highest BCUT2D eigenvalue weighted by molar-refractivity contribution is 6.14. The van der Waals surface area contributed by atoms with Crippen LogP contribution >= 0.6 is 0 Å². The first-order chi connectivity index (χ1) is 14.6. The van der Waals surface area contributed by atoms with E-state index < -0.39 is 17.3 Å². The number of nitrogens with one attached hydrogen (secondary N) is 1. The molecule has 1 amide bonds. The van der Waals surface area contributed by atoms with Crippen LogP contribution in [0.3, 0.4) is 0 Å². The van der Waals surface area contributed by atoms with E-state index in [2.05, 4.69) is 10.5 Å². The number of hydrogen-bond donors (Lipinski definition) is 2. The fraction of sp³-hybridized carbons (Fsp3) is 0.417. The van der Waals surface area contributed by atoms with Crippen LogP contribution in [0.15, 0.2) is 58.4 Å². The smallest absolute Gasteiger partial charge is 0.252 e. The third-order valence-corrected chi connectivity index (χ3v) is 6.16. The quantitative estimate of drug-likeness (QED) is 0.326. The molecule has 1 aromatic carbocycles. The number of nitrogens with zero attached hydrogens (tertiary/aromatic N) is 1. The van der Waals surface area contributed by atoms with Crippen LogP contribution in [0, 0.1) is 10.8 Å². The summed E-state index contributed by atoms with van der Waals surface area (Å²) >= 11 is 0. The molecule has 2 aliphatic carbocycles. The summed E-state index contributed by atoms with van der Waals surface area (Å²) in [5, 5.41) is 26.0. The number of benzene rings is 1. The number of rotatable bonds is 5. The highest BCUT2D eigenvalue weighted by atomic mass is 16.4. The average Bonchev–Trinajstić information content (AvgIpc) is 2.70. The Morgan fingerprint density at radius 1 is 1.23 bits per heavy atom. The van der Waals surface area contributed by atoms with E-state index in [9.17, 15) is 24.6 Å². The average molecular weight is 423 g/mol. The Balaban J connectivity index is 1.81. The number of allylic oxidation sites excluding steroid dienone is 4. The fourth-order valence-corrected chi connectivity index (χ4v) is 4.29. The molecule has 7 nitrogen and oxygen atoms in total. The molecule has 2 N–H and O–H groups in total. The largest absolute Gasteiger partial charge is 0.549 e. The van der Waals surface area contributed by atoms with Crippen LogP contribution in [0.4, 0.5) is 0 Å². The van der Waals surface area contributed by atoms with Crippen molar-refractivity contribution in [2.75, 3.05) is 0 Å². The zero-order valence-corrected chi connectivity index (χ0v) is 18.0. The highest BCUT2D eigenvalue weighted by Crippen LogP contribution is 2.44. The summed E-state index contributed by atoms with van der Waals surface area (Å²) in [5.41, 5.74) is 2.06. The van der Waals surface area contributed by atoms with E-state index >= 15 is 0 Å². The molecule has 0 aliphatic heterocycles. The van der Waals surface area contributed by atoms with Crippen LogP contribution in [-0.2, 0) is 14.4 Å². The molecule has 0 bridgehead atoms. The minimum Gasteiger partial charge on any atom is -0.549 e. The van der Waals surface area contributed by atoms with Gasteiger partial charge in [-0.15, -0.1) is 0 Å². The Morgan fingerprint density at radius 3 is 2.52 bits per heavy atom. The lowest BCUT2D eigenvalue weighted by Gasteiger charge is -2.39. The van der Waals surface area contributed by atoms with Crippen LogP contribution in [0.1, 0.15) is 57.9 Å². The number of aliphatic hydroxyl groups excluding tert-OH is 1. The first kappa shape index (κ1) is 22.5. The van der Waals surface area contributed by atoms with Crippen molar-refractivity contribution >= 4 is 23.9 Å². The van der Waals surface area contributed by atoms with Gasteiger partial charge in [-0.3, -0.25) is 9.59 Å². The number of carboxylic acids is 1. The number of ketones is 1. The predicted molar refractivity (Wildman–Crippen MR) is 114 cm³/mol. The van der Waals surface area contributed by atoms with Gasteiger partial charge in [0, 0.05) is 18.8 Å². The van der Waals surface area contributed by atoms with Gasteiger partial charge >= 0.3 is 0 Å². The van der Waals surface area contributed by atoms with E-state index in [1.165, 1.54) is 0 Å². The Labute approximate surface area is 181 Å². The Hall–Kier alpha value is -3.22. The molecule has 164 valence electrons. The summed E-state index contributed by atoms with van der Waals surface area (Å²) in [6.07, 6.45) is 3.45. The Morgan fingerprint density at radius 2 is 1.90 bits per heavy atom. The molecule has 0 heterocycles. The van der Waals surface area contributed by atoms with Gasteiger partial charge in [-0.05, 0) is 30.7 Å².